The summed E-state index contributed by atoms with van der Waals surface area (Å²) >= 11 is 0. The Hall–Kier alpha value is -2.65. The third kappa shape index (κ3) is 7.24. The fourth-order valence-corrected chi connectivity index (χ4v) is 1.83. The minimum atomic E-state index is -1.10. The van der Waals surface area contributed by atoms with Crippen LogP contribution in [-0.2, 0) is 25.5 Å². The topological polar surface area (TPSA) is 100.0 Å². The Morgan fingerprint density at radius 1 is 1.07 bits per heavy atom. The Bertz CT molecular complexity index is 675. The summed E-state index contributed by atoms with van der Waals surface area (Å²) in [6, 6.07) is 0. The maximum Gasteiger partial charge on any atom is 0.424 e. The number of carbonyl (C=O) groups is 3. The number of nitrogens with zero attached hydrogens (tertiary/aromatic N) is 3. The molecule has 0 fully saturated rings. The van der Waals surface area contributed by atoms with Crippen LogP contribution in [0, 0.1) is 5.95 Å². The minimum Gasteiger partial charge on any atom is -0.464 e. The van der Waals surface area contributed by atoms with Crippen LogP contribution in [0.2, 0.25) is 0 Å². The monoisotopic (exact) mass is 387 g/mol. The zero-order valence-electron chi connectivity index (χ0n) is 16.7. The molecule has 1 rings (SSSR count). The predicted octanol–water partition coefficient (Wildman–Crippen LogP) is 3.26. The van der Waals surface area contributed by atoms with Crippen molar-refractivity contribution in [3.05, 3.63) is 12.1 Å². The lowest BCUT2D eigenvalue weighted by atomic mass is 10.2. The van der Waals surface area contributed by atoms with E-state index in [4.69, 9.17) is 14.2 Å². The third-order valence-electron chi connectivity index (χ3n) is 2.76. The number of rotatable bonds is 4. The minimum absolute atomic E-state index is 0.0953. The van der Waals surface area contributed by atoms with Crippen LogP contribution < -0.4 is 4.90 Å². The number of halogens is 1. The molecular weight excluding hydrogens is 361 g/mol. The Balaban J connectivity index is 3.15. The van der Waals surface area contributed by atoms with Gasteiger partial charge in [-0.25, -0.2) is 14.3 Å². The van der Waals surface area contributed by atoms with Crippen LogP contribution >= 0.6 is 0 Å². The molecule has 1 aromatic rings. The van der Waals surface area contributed by atoms with E-state index in [1.165, 1.54) is 6.92 Å². The molecule has 0 saturated heterocycles. The molecule has 0 N–H and O–H groups in total. The lowest BCUT2D eigenvalue weighted by Gasteiger charge is -2.27. The Kier molecular flexibility index (Phi) is 6.93. The van der Waals surface area contributed by atoms with Crippen LogP contribution in [0.15, 0.2) is 6.20 Å². The van der Waals surface area contributed by atoms with Crippen LogP contribution in [0.25, 0.3) is 0 Å². The Morgan fingerprint density at radius 2 is 1.56 bits per heavy atom. The summed E-state index contributed by atoms with van der Waals surface area (Å²) < 4.78 is 30.7. The number of hydrogen-bond acceptors (Lipinski definition) is 7. The van der Waals surface area contributed by atoms with Gasteiger partial charge < -0.3 is 14.2 Å². The fraction of sp³-hybridized carbons (Fsp3) is 0.647. The first kappa shape index (κ1) is 22.4. The van der Waals surface area contributed by atoms with Gasteiger partial charge in [0, 0.05) is 6.92 Å². The SMILES string of the molecule is CC(=O)OCCn1ncc(N(C(=O)OC(C)(C)C)C(=O)OC(C)(C)C)c1F. The average molecular weight is 387 g/mol. The van der Waals surface area contributed by atoms with Crippen molar-refractivity contribution in [1.29, 1.82) is 0 Å². The summed E-state index contributed by atoms with van der Waals surface area (Å²) in [4.78, 5) is 36.2. The zero-order chi connectivity index (χ0) is 21.0. The van der Waals surface area contributed by atoms with Crippen molar-refractivity contribution in [2.45, 2.75) is 66.2 Å². The number of anilines is 1. The summed E-state index contributed by atoms with van der Waals surface area (Å²) in [5.41, 5.74) is -2.26. The van der Waals surface area contributed by atoms with Gasteiger partial charge in [0.2, 0.25) is 5.95 Å². The highest BCUT2D eigenvalue weighted by atomic mass is 19.1. The van der Waals surface area contributed by atoms with Crippen molar-refractivity contribution in [1.82, 2.24) is 9.78 Å². The number of ether oxygens (including phenoxy) is 3. The second-order valence-corrected chi connectivity index (χ2v) is 7.68. The number of hydrogen-bond donors (Lipinski definition) is 0. The highest BCUT2D eigenvalue weighted by Crippen LogP contribution is 2.24. The molecule has 0 spiro atoms. The fourth-order valence-electron chi connectivity index (χ4n) is 1.83. The van der Waals surface area contributed by atoms with Gasteiger partial charge in [0.1, 0.15) is 23.5 Å². The lowest BCUT2D eigenvalue weighted by Crippen LogP contribution is -2.44. The Morgan fingerprint density at radius 3 is 1.96 bits per heavy atom. The van der Waals surface area contributed by atoms with Crippen molar-refractivity contribution in [2.24, 2.45) is 0 Å². The molecule has 0 aliphatic heterocycles. The van der Waals surface area contributed by atoms with Gasteiger partial charge in [-0.2, -0.15) is 14.4 Å². The number of amides is 2. The molecule has 0 unspecified atom stereocenters. The summed E-state index contributed by atoms with van der Waals surface area (Å²) in [6.45, 7) is 10.7. The van der Waals surface area contributed by atoms with E-state index in [1.54, 1.807) is 41.5 Å². The number of imide groups is 1. The summed E-state index contributed by atoms with van der Waals surface area (Å²) in [6.07, 6.45) is -1.21. The predicted molar refractivity (Wildman–Crippen MR) is 93.8 cm³/mol. The second kappa shape index (κ2) is 8.36. The molecule has 0 bridgehead atoms. The first-order valence-corrected chi connectivity index (χ1v) is 8.32. The van der Waals surface area contributed by atoms with Gasteiger partial charge >= 0.3 is 18.2 Å². The van der Waals surface area contributed by atoms with Crippen LogP contribution in [0.3, 0.4) is 0 Å². The van der Waals surface area contributed by atoms with E-state index in [0.29, 0.717) is 4.90 Å². The normalized spacial score (nSPS) is 11.7. The van der Waals surface area contributed by atoms with Gasteiger partial charge in [0.05, 0.1) is 12.7 Å². The van der Waals surface area contributed by atoms with E-state index in [0.717, 1.165) is 10.9 Å². The summed E-state index contributed by atoms with van der Waals surface area (Å²) in [5.74, 6) is -1.49. The molecule has 9 nitrogen and oxygen atoms in total. The maximum atomic E-state index is 14.7. The van der Waals surface area contributed by atoms with Crippen molar-refractivity contribution in [3.63, 3.8) is 0 Å². The smallest absolute Gasteiger partial charge is 0.424 e. The van der Waals surface area contributed by atoms with Gasteiger partial charge in [-0.15, -0.1) is 0 Å². The van der Waals surface area contributed by atoms with E-state index in [-0.39, 0.29) is 13.2 Å². The average Bonchev–Trinajstić information content (AvgIpc) is 2.76. The van der Waals surface area contributed by atoms with Crippen molar-refractivity contribution in [3.8, 4) is 0 Å². The van der Waals surface area contributed by atoms with Gasteiger partial charge in [-0.1, -0.05) is 0 Å². The molecule has 2 amide bonds. The van der Waals surface area contributed by atoms with Crippen LogP contribution in [0.1, 0.15) is 48.5 Å². The van der Waals surface area contributed by atoms with Gasteiger partial charge in [-0.3, -0.25) is 4.79 Å². The highest BCUT2D eigenvalue weighted by Gasteiger charge is 2.35. The molecule has 0 atom stereocenters. The molecule has 10 heteroatoms. The molecule has 0 aliphatic rings. The summed E-state index contributed by atoms with van der Waals surface area (Å²) in [5, 5.41) is 3.78. The summed E-state index contributed by atoms with van der Waals surface area (Å²) in [7, 11) is 0. The van der Waals surface area contributed by atoms with Crippen LogP contribution in [0.5, 0.6) is 0 Å². The third-order valence-corrected chi connectivity index (χ3v) is 2.76. The molecule has 0 saturated carbocycles. The lowest BCUT2D eigenvalue weighted by molar-refractivity contribution is -0.141. The molecule has 152 valence electrons. The highest BCUT2D eigenvalue weighted by molar-refractivity contribution is 6.09. The molecule has 0 aromatic carbocycles. The van der Waals surface area contributed by atoms with E-state index in [1.807, 2.05) is 0 Å². The van der Waals surface area contributed by atoms with E-state index < -0.39 is 41.0 Å². The molecule has 1 aromatic heterocycles. The Labute approximate surface area is 157 Å². The van der Waals surface area contributed by atoms with Gasteiger partial charge in [0.15, 0.2) is 0 Å². The second-order valence-electron chi connectivity index (χ2n) is 7.68. The first-order valence-electron chi connectivity index (χ1n) is 8.32. The van der Waals surface area contributed by atoms with Gasteiger partial charge in [0.25, 0.3) is 0 Å². The van der Waals surface area contributed by atoms with E-state index in [9.17, 15) is 18.8 Å². The number of esters is 1. The standard InChI is InChI=1S/C17H26FN3O6/c1-11(22)25-9-8-20-13(18)12(10-19-20)21(14(23)26-16(2,3)4)15(24)27-17(5,6)7/h10H,8-9H2,1-7H3. The van der Waals surface area contributed by atoms with Crippen molar-refractivity contribution >= 4 is 23.8 Å². The molecule has 27 heavy (non-hydrogen) atoms. The van der Waals surface area contributed by atoms with Crippen molar-refractivity contribution < 1.29 is 33.0 Å². The maximum absolute atomic E-state index is 14.7. The zero-order valence-corrected chi connectivity index (χ0v) is 16.7. The quantitative estimate of drug-likeness (QED) is 0.577. The number of carbonyl (C=O) groups excluding carboxylic acids is 3. The molecule has 0 radical (unpaired) electrons. The first-order chi connectivity index (χ1) is 12.2. The molecular formula is C17H26FN3O6. The number of aromatic nitrogens is 2. The van der Waals surface area contributed by atoms with Gasteiger partial charge in [-0.05, 0) is 41.5 Å². The van der Waals surface area contributed by atoms with Crippen LogP contribution in [-0.4, -0.2) is 45.7 Å². The van der Waals surface area contributed by atoms with Crippen LogP contribution in [0.4, 0.5) is 19.7 Å². The largest absolute Gasteiger partial charge is 0.464 e. The van der Waals surface area contributed by atoms with Crippen molar-refractivity contribution in [2.75, 3.05) is 11.5 Å². The molecule has 1 heterocycles. The molecule has 0 aliphatic carbocycles. The van der Waals surface area contributed by atoms with E-state index >= 15 is 0 Å². The van der Waals surface area contributed by atoms with E-state index in [2.05, 4.69) is 5.10 Å².